The van der Waals surface area contributed by atoms with Gasteiger partial charge in [-0.15, -0.1) is 0 Å². The van der Waals surface area contributed by atoms with Gasteiger partial charge in [0.1, 0.15) is 5.78 Å². The average Bonchev–Trinajstić information content (AvgIpc) is 2.62. The Hall–Kier alpha value is -1.70. The van der Waals surface area contributed by atoms with E-state index in [2.05, 4.69) is 51.6 Å². The maximum absolute atomic E-state index is 11.9. The van der Waals surface area contributed by atoms with Gasteiger partial charge in [0.15, 0.2) is 0 Å². The summed E-state index contributed by atoms with van der Waals surface area (Å²) in [7, 11) is 0. The van der Waals surface area contributed by atoms with Gasteiger partial charge in [0.25, 0.3) is 0 Å². The van der Waals surface area contributed by atoms with Crippen LogP contribution >= 0.6 is 0 Å². The Bertz CT molecular complexity index is 631. The molecule has 0 unspecified atom stereocenters. The minimum absolute atomic E-state index is 0.0415. The number of carbonyl (C=O) groups excluding carboxylic acids is 1. The molecule has 0 amide bonds. The Morgan fingerprint density at radius 2 is 2.04 bits per heavy atom. The molecule has 0 bridgehead atoms. The van der Waals surface area contributed by atoms with Crippen molar-refractivity contribution in [2.45, 2.75) is 72.3 Å². The minimum Gasteiger partial charge on any atom is -0.300 e. The number of Topliss-reactive ketones (excluding diaryl/α,β-unsaturated/α-hetero) is 1. The lowest BCUT2D eigenvalue weighted by Crippen LogP contribution is -2.36. The smallest absolute Gasteiger partial charge is 0.132 e. The van der Waals surface area contributed by atoms with Crippen molar-refractivity contribution in [3.8, 4) is 0 Å². The third-order valence-electron chi connectivity index (χ3n) is 5.86. The van der Waals surface area contributed by atoms with E-state index in [1.54, 1.807) is 0 Å². The second-order valence-corrected chi connectivity index (χ2v) is 7.90. The molecule has 0 aromatic heterocycles. The normalized spacial score (nSPS) is 26.4. The molecule has 1 aromatic rings. The number of aliphatic imine (C=N–C) groups is 1. The minimum atomic E-state index is 0.0415. The number of ketones is 1. The van der Waals surface area contributed by atoms with Crippen LogP contribution < -0.4 is 0 Å². The second kappa shape index (κ2) is 8.60. The van der Waals surface area contributed by atoms with Crippen LogP contribution in [0.15, 0.2) is 47.5 Å². The van der Waals surface area contributed by atoms with E-state index in [0.717, 1.165) is 25.7 Å². The zero-order chi connectivity index (χ0) is 18.4. The number of hydrogen-bond acceptors (Lipinski definition) is 2. The molecule has 1 aliphatic rings. The van der Waals surface area contributed by atoms with E-state index >= 15 is 0 Å². The summed E-state index contributed by atoms with van der Waals surface area (Å²) in [5.41, 5.74) is 3.83. The van der Waals surface area contributed by atoms with Gasteiger partial charge in [0.05, 0.1) is 6.04 Å². The zero-order valence-electron chi connectivity index (χ0n) is 16.3. The van der Waals surface area contributed by atoms with Crippen LogP contribution in [0.5, 0.6) is 0 Å². The molecule has 0 heterocycles. The zero-order valence-corrected chi connectivity index (χ0v) is 16.3. The third-order valence-corrected chi connectivity index (χ3v) is 5.86. The van der Waals surface area contributed by atoms with Gasteiger partial charge in [0.2, 0.25) is 0 Å². The van der Waals surface area contributed by atoms with Crippen LogP contribution in [0.25, 0.3) is 0 Å². The topological polar surface area (TPSA) is 29.4 Å². The quantitative estimate of drug-likeness (QED) is 0.534. The predicted molar refractivity (Wildman–Crippen MR) is 107 cm³/mol. The number of nitrogens with zero attached hydrogens (tertiary/aromatic N) is 1. The lowest BCUT2D eigenvalue weighted by Gasteiger charge is -2.40. The van der Waals surface area contributed by atoms with Crippen LogP contribution in [0.3, 0.4) is 0 Å². The fourth-order valence-electron chi connectivity index (χ4n) is 3.75. The Kier molecular flexibility index (Phi) is 6.75. The van der Waals surface area contributed by atoms with Gasteiger partial charge in [-0.1, -0.05) is 56.3 Å². The van der Waals surface area contributed by atoms with Crippen molar-refractivity contribution in [2.24, 2.45) is 16.3 Å². The number of allylic oxidation sites excluding steroid dienone is 1. The lowest BCUT2D eigenvalue weighted by molar-refractivity contribution is -0.119. The molecule has 0 aliphatic heterocycles. The molecule has 25 heavy (non-hydrogen) atoms. The molecule has 1 saturated carbocycles. The number of rotatable bonds is 7. The van der Waals surface area contributed by atoms with Gasteiger partial charge < -0.3 is 0 Å². The van der Waals surface area contributed by atoms with E-state index in [9.17, 15) is 4.79 Å². The largest absolute Gasteiger partial charge is 0.300 e. The molecule has 0 spiro atoms. The van der Waals surface area contributed by atoms with E-state index in [1.165, 1.54) is 16.8 Å². The first-order valence-corrected chi connectivity index (χ1v) is 9.65. The molecule has 2 nitrogen and oxygen atoms in total. The molecule has 2 heteroatoms. The van der Waals surface area contributed by atoms with Gasteiger partial charge in [-0.05, 0) is 51.0 Å². The van der Waals surface area contributed by atoms with Crippen molar-refractivity contribution in [2.75, 3.05) is 0 Å². The maximum Gasteiger partial charge on any atom is 0.132 e. The van der Waals surface area contributed by atoms with Crippen LogP contribution in [0.4, 0.5) is 0 Å². The summed E-state index contributed by atoms with van der Waals surface area (Å²) in [5.74, 6) is 0.885. The molecule has 2 rings (SSSR count). The maximum atomic E-state index is 11.9. The molecule has 0 N–H and O–H groups in total. The standard InChI is InChI=1S/C23H33NO/c1-6-21(25)13-15-23(5)14-12-20(17(2)3)16-22(23)24-18(4)19-10-8-7-9-11-19/h7-11,18,20H,2,6,12-16H2,1,3-5H3/t18-,20-,23+/m1/s1. The summed E-state index contributed by atoms with van der Waals surface area (Å²) >= 11 is 0. The summed E-state index contributed by atoms with van der Waals surface area (Å²) < 4.78 is 0. The van der Waals surface area contributed by atoms with Crippen LogP contribution in [-0.2, 0) is 4.79 Å². The molecular formula is C23H33NO. The van der Waals surface area contributed by atoms with Crippen LogP contribution in [0.1, 0.15) is 77.8 Å². The average molecular weight is 340 g/mol. The lowest BCUT2D eigenvalue weighted by atomic mass is 9.66. The Morgan fingerprint density at radius 3 is 2.64 bits per heavy atom. The Labute approximate surface area is 153 Å². The molecule has 0 radical (unpaired) electrons. The van der Waals surface area contributed by atoms with Gasteiger partial charge >= 0.3 is 0 Å². The fraction of sp³-hybridized carbons (Fsp3) is 0.565. The summed E-state index contributed by atoms with van der Waals surface area (Å²) in [6, 6.07) is 10.6. The van der Waals surface area contributed by atoms with Crippen LogP contribution in [0, 0.1) is 11.3 Å². The van der Waals surface area contributed by atoms with Crippen molar-refractivity contribution < 1.29 is 4.79 Å². The van der Waals surface area contributed by atoms with E-state index in [0.29, 0.717) is 24.5 Å². The van der Waals surface area contributed by atoms with Gasteiger partial charge in [0, 0.05) is 24.0 Å². The van der Waals surface area contributed by atoms with Gasteiger partial charge in [-0.25, -0.2) is 0 Å². The highest BCUT2D eigenvalue weighted by Gasteiger charge is 2.37. The SMILES string of the molecule is C=C(C)[C@@H]1CC[C@@](C)(CCC(=O)CC)C(=N[C@H](C)c2ccccc2)C1. The summed E-state index contributed by atoms with van der Waals surface area (Å²) in [6.45, 7) is 12.7. The molecule has 1 fully saturated rings. The first kappa shape index (κ1) is 19.6. The predicted octanol–water partition coefficient (Wildman–Crippen LogP) is 6.33. The Balaban J connectivity index is 2.25. The summed E-state index contributed by atoms with van der Waals surface area (Å²) in [4.78, 5) is 17.0. The number of benzene rings is 1. The highest BCUT2D eigenvalue weighted by molar-refractivity contribution is 5.92. The van der Waals surface area contributed by atoms with Crippen molar-refractivity contribution in [1.82, 2.24) is 0 Å². The molecule has 0 saturated heterocycles. The van der Waals surface area contributed by atoms with Crippen LogP contribution in [0.2, 0.25) is 0 Å². The van der Waals surface area contributed by atoms with E-state index in [1.807, 2.05) is 13.0 Å². The van der Waals surface area contributed by atoms with Crippen molar-refractivity contribution in [3.63, 3.8) is 0 Å². The Morgan fingerprint density at radius 1 is 1.36 bits per heavy atom. The van der Waals surface area contributed by atoms with Crippen molar-refractivity contribution in [3.05, 3.63) is 48.0 Å². The highest BCUT2D eigenvalue weighted by Crippen LogP contribution is 2.43. The highest BCUT2D eigenvalue weighted by atomic mass is 16.1. The van der Waals surface area contributed by atoms with E-state index < -0.39 is 0 Å². The fourth-order valence-corrected chi connectivity index (χ4v) is 3.75. The summed E-state index contributed by atoms with van der Waals surface area (Å²) in [5, 5.41) is 0. The van der Waals surface area contributed by atoms with E-state index in [-0.39, 0.29) is 11.5 Å². The van der Waals surface area contributed by atoms with Crippen molar-refractivity contribution >= 4 is 11.5 Å². The number of hydrogen-bond donors (Lipinski definition) is 0. The van der Waals surface area contributed by atoms with Gasteiger partial charge in [-0.3, -0.25) is 9.79 Å². The summed E-state index contributed by atoms with van der Waals surface area (Å²) in [6.07, 6.45) is 5.47. The second-order valence-electron chi connectivity index (χ2n) is 7.90. The third kappa shape index (κ3) is 5.14. The molecular weight excluding hydrogens is 306 g/mol. The first-order chi connectivity index (χ1) is 11.9. The molecule has 1 aliphatic carbocycles. The number of carbonyl (C=O) groups is 1. The molecule has 3 atom stereocenters. The first-order valence-electron chi connectivity index (χ1n) is 9.65. The van der Waals surface area contributed by atoms with Crippen molar-refractivity contribution in [1.29, 1.82) is 0 Å². The van der Waals surface area contributed by atoms with E-state index in [4.69, 9.17) is 4.99 Å². The van der Waals surface area contributed by atoms with Gasteiger partial charge in [-0.2, -0.15) is 0 Å². The van der Waals surface area contributed by atoms with Crippen LogP contribution in [-0.4, -0.2) is 11.5 Å². The molecule has 1 aromatic carbocycles. The monoisotopic (exact) mass is 339 g/mol. The molecule has 136 valence electrons.